The van der Waals surface area contributed by atoms with Crippen molar-refractivity contribution >= 4 is 22.2 Å². The maximum absolute atomic E-state index is 3.21. The second-order valence-corrected chi connectivity index (χ2v) is 5.65. The van der Waals surface area contributed by atoms with Gasteiger partial charge in [0.15, 0.2) is 0 Å². The lowest BCUT2D eigenvalue weighted by molar-refractivity contribution is 1.21. The molecule has 78 valence electrons. The maximum atomic E-state index is 3.21. The molecule has 3 heteroatoms. The molecule has 1 aliphatic heterocycles. The number of H-pyrrole nitrogens is 1. The molecule has 0 saturated carbocycles. The SMILES string of the molecule is C1=C[SH](c2ccc[nH]2)C=C1.c1ccsc1. The quantitative estimate of drug-likeness (QED) is 0.690. The van der Waals surface area contributed by atoms with E-state index in [-0.39, 0.29) is 10.9 Å². The molecule has 0 bridgehead atoms. The fourth-order valence-corrected chi connectivity index (χ4v) is 3.13. The van der Waals surface area contributed by atoms with Crippen LogP contribution in [-0.4, -0.2) is 4.98 Å². The Morgan fingerprint density at radius 1 is 1.00 bits per heavy atom. The molecule has 0 aromatic carbocycles. The summed E-state index contributed by atoms with van der Waals surface area (Å²) in [5, 5.41) is 9.89. The van der Waals surface area contributed by atoms with Gasteiger partial charge < -0.3 is 4.98 Å². The van der Waals surface area contributed by atoms with Gasteiger partial charge in [-0.1, -0.05) is 24.3 Å². The van der Waals surface area contributed by atoms with E-state index < -0.39 is 0 Å². The molecule has 1 aliphatic rings. The average molecular weight is 235 g/mol. The Bertz CT molecular complexity index is 383. The first kappa shape index (κ1) is 10.3. The third-order valence-electron chi connectivity index (χ3n) is 1.89. The fraction of sp³-hybridized carbons (Fsp3) is 0. The predicted molar refractivity (Wildman–Crippen MR) is 70.6 cm³/mol. The summed E-state index contributed by atoms with van der Waals surface area (Å²) in [5.41, 5.74) is 0. The van der Waals surface area contributed by atoms with Gasteiger partial charge in [-0.2, -0.15) is 22.2 Å². The van der Waals surface area contributed by atoms with Crippen LogP contribution in [-0.2, 0) is 0 Å². The third kappa shape index (κ3) is 3.15. The summed E-state index contributed by atoms with van der Waals surface area (Å²) in [6, 6.07) is 8.21. The minimum absolute atomic E-state index is 0.120. The van der Waals surface area contributed by atoms with Gasteiger partial charge in [0.05, 0.1) is 5.03 Å². The van der Waals surface area contributed by atoms with Crippen LogP contribution in [0.1, 0.15) is 0 Å². The van der Waals surface area contributed by atoms with Crippen molar-refractivity contribution in [2.45, 2.75) is 5.03 Å². The number of hydrogen-bond donors (Lipinski definition) is 2. The maximum Gasteiger partial charge on any atom is 0.0593 e. The van der Waals surface area contributed by atoms with E-state index in [4.69, 9.17) is 0 Å². The minimum Gasteiger partial charge on any atom is -0.357 e. The second-order valence-electron chi connectivity index (χ2n) is 2.94. The van der Waals surface area contributed by atoms with E-state index in [1.54, 1.807) is 11.3 Å². The van der Waals surface area contributed by atoms with Gasteiger partial charge in [-0.25, -0.2) is 0 Å². The Morgan fingerprint density at radius 2 is 1.73 bits per heavy atom. The standard InChI is InChI=1S/C8H9NS.C4H4S/c1-2-7-10(6-1)8-4-3-5-9-8;1-2-4-5-3-1/h1-7,9-10H;1-4H. The van der Waals surface area contributed by atoms with E-state index in [2.05, 4.69) is 34.0 Å². The van der Waals surface area contributed by atoms with Crippen LogP contribution in [0.4, 0.5) is 0 Å². The first-order chi connectivity index (χ1) is 7.47. The molecule has 1 N–H and O–H groups in total. The average Bonchev–Trinajstić information content (AvgIpc) is 3.06. The predicted octanol–water partition coefficient (Wildman–Crippen LogP) is 4.16. The van der Waals surface area contributed by atoms with Crippen LogP contribution in [0, 0.1) is 0 Å². The van der Waals surface area contributed by atoms with Crippen molar-refractivity contribution < 1.29 is 0 Å². The summed E-state index contributed by atoms with van der Waals surface area (Å²) >= 11 is 1.71. The summed E-state index contributed by atoms with van der Waals surface area (Å²) in [6.07, 6.45) is 6.18. The van der Waals surface area contributed by atoms with Gasteiger partial charge in [0.25, 0.3) is 0 Å². The second kappa shape index (κ2) is 5.63. The topological polar surface area (TPSA) is 15.8 Å². The van der Waals surface area contributed by atoms with Crippen LogP contribution in [0.2, 0.25) is 0 Å². The van der Waals surface area contributed by atoms with Gasteiger partial charge in [0.2, 0.25) is 0 Å². The van der Waals surface area contributed by atoms with Crippen molar-refractivity contribution in [3.8, 4) is 0 Å². The van der Waals surface area contributed by atoms with E-state index in [0.717, 1.165) is 0 Å². The molecular formula is C12H13NS2. The largest absolute Gasteiger partial charge is 0.357 e. The highest BCUT2D eigenvalue weighted by Crippen LogP contribution is 2.40. The lowest BCUT2D eigenvalue weighted by Crippen LogP contribution is -1.70. The van der Waals surface area contributed by atoms with Crippen LogP contribution in [0.5, 0.6) is 0 Å². The molecule has 1 nitrogen and oxygen atoms in total. The lowest BCUT2D eigenvalue weighted by Gasteiger charge is -2.04. The van der Waals surface area contributed by atoms with E-state index >= 15 is 0 Å². The Kier molecular flexibility index (Phi) is 3.88. The number of rotatable bonds is 1. The Morgan fingerprint density at radius 3 is 2.20 bits per heavy atom. The highest BCUT2D eigenvalue weighted by atomic mass is 32.2. The molecule has 0 unspecified atom stereocenters. The summed E-state index contributed by atoms with van der Waals surface area (Å²) in [4.78, 5) is 3.21. The molecule has 0 amide bonds. The number of nitrogens with one attached hydrogen (secondary N) is 1. The van der Waals surface area contributed by atoms with Gasteiger partial charge in [-0.3, -0.25) is 0 Å². The number of hydrogen-bond acceptors (Lipinski definition) is 1. The number of aromatic amines is 1. The molecule has 0 atom stereocenters. The van der Waals surface area contributed by atoms with Crippen molar-refractivity contribution in [1.29, 1.82) is 0 Å². The molecule has 0 spiro atoms. The van der Waals surface area contributed by atoms with Crippen LogP contribution >= 0.6 is 22.2 Å². The van der Waals surface area contributed by atoms with Crippen LogP contribution in [0.3, 0.4) is 0 Å². The Balaban J connectivity index is 0.000000144. The van der Waals surface area contributed by atoms with Gasteiger partial charge in [0.1, 0.15) is 0 Å². The van der Waals surface area contributed by atoms with Gasteiger partial charge in [-0.05, 0) is 33.7 Å². The number of thiol groups is 1. The molecular weight excluding hydrogens is 222 g/mol. The van der Waals surface area contributed by atoms with Crippen LogP contribution < -0.4 is 0 Å². The highest BCUT2D eigenvalue weighted by Gasteiger charge is 2.00. The molecule has 3 heterocycles. The van der Waals surface area contributed by atoms with E-state index in [9.17, 15) is 0 Å². The van der Waals surface area contributed by atoms with Gasteiger partial charge in [-0.15, -0.1) is 0 Å². The summed E-state index contributed by atoms with van der Waals surface area (Å²) in [5.74, 6) is 0. The minimum atomic E-state index is -0.120. The zero-order valence-corrected chi connectivity index (χ0v) is 9.92. The molecule has 2 aromatic rings. The molecule has 15 heavy (non-hydrogen) atoms. The Hall–Kier alpha value is -1.19. The molecule has 0 radical (unpaired) electrons. The zero-order chi connectivity index (χ0) is 10.3. The van der Waals surface area contributed by atoms with Crippen LogP contribution in [0.25, 0.3) is 0 Å². The molecule has 0 fully saturated rings. The summed E-state index contributed by atoms with van der Waals surface area (Å²) < 4.78 is 0. The molecule has 0 saturated heterocycles. The van der Waals surface area contributed by atoms with E-state index in [0.29, 0.717) is 0 Å². The van der Waals surface area contributed by atoms with Crippen molar-refractivity contribution in [1.82, 2.24) is 4.98 Å². The van der Waals surface area contributed by atoms with Crippen molar-refractivity contribution in [2.75, 3.05) is 0 Å². The lowest BCUT2D eigenvalue weighted by atomic mass is 10.6. The van der Waals surface area contributed by atoms with Gasteiger partial charge in [0, 0.05) is 6.20 Å². The van der Waals surface area contributed by atoms with Crippen molar-refractivity contribution in [3.05, 3.63) is 64.2 Å². The summed E-state index contributed by atoms with van der Waals surface area (Å²) in [7, 11) is -0.120. The smallest absolute Gasteiger partial charge is 0.0593 e. The normalized spacial score (nSPS) is 15.1. The molecule has 3 rings (SSSR count). The molecule has 2 aromatic heterocycles. The first-order valence-corrected chi connectivity index (χ1v) is 7.13. The zero-order valence-electron chi connectivity index (χ0n) is 8.21. The number of thiophene rings is 1. The summed E-state index contributed by atoms with van der Waals surface area (Å²) in [6.45, 7) is 0. The fourth-order valence-electron chi connectivity index (χ4n) is 1.20. The first-order valence-electron chi connectivity index (χ1n) is 4.71. The molecule has 0 aliphatic carbocycles. The Labute approximate surface area is 96.5 Å². The van der Waals surface area contributed by atoms with E-state index in [1.165, 1.54) is 5.03 Å². The monoisotopic (exact) mass is 235 g/mol. The number of allylic oxidation sites excluding steroid dienone is 2. The van der Waals surface area contributed by atoms with E-state index in [1.807, 2.05) is 35.2 Å². The third-order valence-corrected chi connectivity index (χ3v) is 4.34. The van der Waals surface area contributed by atoms with Gasteiger partial charge >= 0.3 is 0 Å². The van der Waals surface area contributed by atoms with Crippen molar-refractivity contribution in [2.24, 2.45) is 0 Å². The number of aromatic nitrogens is 1. The highest BCUT2D eigenvalue weighted by molar-refractivity contribution is 8.22. The van der Waals surface area contributed by atoms with Crippen molar-refractivity contribution in [3.63, 3.8) is 0 Å². The van der Waals surface area contributed by atoms with Crippen LogP contribution in [0.15, 0.2) is 69.2 Å².